The van der Waals surface area contributed by atoms with Gasteiger partial charge in [0.05, 0.1) is 5.92 Å². The molecule has 0 saturated heterocycles. The minimum atomic E-state index is -0.409. The summed E-state index contributed by atoms with van der Waals surface area (Å²) in [5.41, 5.74) is 2.08. The van der Waals surface area contributed by atoms with Crippen LogP contribution in [0.1, 0.15) is 51.7 Å². The molecule has 1 saturated carbocycles. The topological polar surface area (TPSA) is 26.3 Å². The molecule has 0 aliphatic heterocycles. The van der Waals surface area contributed by atoms with Crippen molar-refractivity contribution in [3.8, 4) is 0 Å². The van der Waals surface area contributed by atoms with Crippen LogP contribution in [0.2, 0.25) is 0 Å². The lowest BCUT2D eigenvalue weighted by Gasteiger charge is -2.20. The molecule has 0 spiro atoms. The number of hydrogen-bond acceptors (Lipinski definition) is 2. The van der Waals surface area contributed by atoms with E-state index in [9.17, 15) is 4.79 Å². The summed E-state index contributed by atoms with van der Waals surface area (Å²) < 4.78 is 5.53. The van der Waals surface area contributed by atoms with E-state index in [1.807, 2.05) is 20.8 Å². The van der Waals surface area contributed by atoms with Crippen molar-refractivity contribution in [1.29, 1.82) is 0 Å². The SMILES string of the molecule is Cc1ccc(C2C(C(=O)OC(C)(C)C)C2(C)C)cc1. The zero-order valence-corrected chi connectivity index (χ0v) is 12.8. The first-order chi connectivity index (χ1) is 8.63. The predicted octanol–water partition coefficient (Wildman–Crippen LogP) is 4.08. The van der Waals surface area contributed by atoms with Crippen molar-refractivity contribution >= 4 is 5.97 Å². The van der Waals surface area contributed by atoms with Crippen LogP contribution in [0, 0.1) is 18.3 Å². The molecule has 2 unspecified atom stereocenters. The maximum atomic E-state index is 12.3. The van der Waals surface area contributed by atoms with E-state index in [0.717, 1.165) is 0 Å². The third-order valence-corrected chi connectivity index (χ3v) is 3.92. The lowest BCUT2D eigenvalue weighted by molar-refractivity contribution is -0.157. The van der Waals surface area contributed by atoms with Gasteiger partial charge in [-0.25, -0.2) is 0 Å². The van der Waals surface area contributed by atoms with Crippen LogP contribution in [0.15, 0.2) is 24.3 Å². The Morgan fingerprint density at radius 1 is 1.16 bits per heavy atom. The second kappa shape index (κ2) is 4.36. The van der Waals surface area contributed by atoms with Gasteiger partial charge < -0.3 is 4.74 Å². The molecule has 19 heavy (non-hydrogen) atoms. The Kier molecular flexibility index (Phi) is 3.24. The minimum absolute atomic E-state index is 0.00239. The molecular formula is C17H24O2. The molecular weight excluding hydrogens is 236 g/mol. The summed E-state index contributed by atoms with van der Waals surface area (Å²) in [5.74, 6) is 0.195. The lowest BCUT2D eigenvalue weighted by Crippen LogP contribution is -2.26. The molecule has 0 aromatic heterocycles. The smallest absolute Gasteiger partial charge is 0.310 e. The molecule has 1 aliphatic carbocycles. The van der Waals surface area contributed by atoms with Crippen molar-refractivity contribution in [2.75, 3.05) is 0 Å². The van der Waals surface area contributed by atoms with Crippen LogP contribution in [0.4, 0.5) is 0 Å². The van der Waals surface area contributed by atoms with E-state index < -0.39 is 5.60 Å². The second-order valence-corrected chi connectivity index (χ2v) is 7.22. The summed E-state index contributed by atoms with van der Waals surface area (Å²) >= 11 is 0. The van der Waals surface area contributed by atoms with Crippen LogP contribution < -0.4 is 0 Å². The zero-order chi connectivity index (χ0) is 14.4. The zero-order valence-electron chi connectivity index (χ0n) is 12.8. The fourth-order valence-corrected chi connectivity index (χ4v) is 2.84. The molecule has 0 N–H and O–H groups in total. The highest BCUT2D eigenvalue weighted by Gasteiger charge is 2.63. The number of carbonyl (C=O) groups is 1. The maximum absolute atomic E-state index is 12.3. The third kappa shape index (κ3) is 2.83. The average Bonchev–Trinajstić information content (AvgIpc) is 2.80. The van der Waals surface area contributed by atoms with Crippen molar-refractivity contribution in [2.24, 2.45) is 11.3 Å². The molecule has 1 aromatic carbocycles. The van der Waals surface area contributed by atoms with Gasteiger partial charge in [0.1, 0.15) is 5.60 Å². The molecule has 1 fully saturated rings. The number of benzene rings is 1. The van der Waals surface area contributed by atoms with Gasteiger partial charge in [-0.3, -0.25) is 4.79 Å². The Bertz CT molecular complexity index is 477. The molecule has 2 atom stereocenters. The Morgan fingerprint density at radius 2 is 1.68 bits per heavy atom. The van der Waals surface area contributed by atoms with Gasteiger partial charge in [0.2, 0.25) is 0 Å². The van der Waals surface area contributed by atoms with E-state index >= 15 is 0 Å². The van der Waals surface area contributed by atoms with Crippen molar-refractivity contribution in [2.45, 2.75) is 53.1 Å². The monoisotopic (exact) mass is 260 g/mol. The van der Waals surface area contributed by atoms with Gasteiger partial charge in [-0.15, -0.1) is 0 Å². The van der Waals surface area contributed by atoms with Crippen molar-refractivity contribution < 1.29 is 9.53 Å². The normalized spacial score (nSPS) is 24.9. The van der Waals surface area contributed by atoms with Crippen LogP contribution in [0.25, 0.3) is 0 Å². The summed E-state index contributed by atoms with van der Waals surface area (Å²) in [5, 5.41) is 0. The number of esters is 1. The highest BCUT2D eigenvalue weighted by Crippen LogP contribution is 2.64. The third-order valence-electron chi connectivity index (χ3n) is 3.92. The van der Waals surface area contributed by atoms with Crippen LogP contribution in [0.5, 0.6) is 0 Å². The number of rotatable bonds is 2. The van der Waals surface area contributed by atoms with E-state index in [4.69, 9.17) is 4.74 Å². The second-order valence-electron chi connectivity index (χ2n) is 7.22. The van der Waals surface area contributed by atoms with Gasteiger partial charge in [-0.2, -0.15) is 0 Å². The average molecular weight is 260 g/mol. The number of aryl methyl sites for hydroxylation is 1. The Morgan fingerprint density at radius 3 is 2.16 bits per heavy atom. The van der Waals surface area contributed by atoms with Gasteiger partial charge in [0, 0.05) is 5.92 Å². The standard InChI is InChI=1S/C17H24O2/c1-11-7-9-12(10-8-11)13-14(17(13,5)6)15(18)19-16(2,3)4/h7-10,13-14H,1-6H3. The van der Waals surface area contributed by atoms with Crippen molar-refractivity contribution in [3.05, 3.63) is 35.4 Å². The highest BCUT2D eigenvalue weighted by molar-refractivity contribution is 5.80. The largest absolute Gasteiger partial charge is 0.460 e. The summed E-state index contributed by atoms with van der Waals surface area (Å²) in [7, 11) is 0. The van der Waals surface area contributed by atoms with E-state index in [0.29, 0.717) is 0 Å². The van der Waals surface area contributed by atoms with Crippen LogP contribution >= 0.6 is 0 Å². The van der Waals surface area contributed by atoms with Crippen LogP contribution in [0.3, 0.4) is 0 Å². The first-order valence-corrected chi connectivity index (χ1v) is 6.92. The molecule has 2 nitrogen and oxygen atoms in total. The Hall–Kier alpha value is -1.31. The van der Waals surface area contributed by atoms with Gasteiger partial charge in [-0.05, 0) is 38.7 Å². The molecule has 0 bridgehead atoms. The first kappa shape index (κ1) is 14.1. The highest BCUT2D eigenvalue weighted by atomic mass is 16.6. The van der Waals surface area contributed by atoms with Gasteiger partial charge in [-0.1, -0.05) is 43.7 Å². The lowest BCUT2D eigenvalue weighted by atomic mass is 10.0. The minimum Gasteiger partial charge on any atom is -0.460 e. The number of carbonyl (C=O) groups excluding carboxylic acids is 1. The fraction of sp³-hybridized carbons (Fsp3) is 0.588. The van der Waals surface area contributed by atoms with E-state index in [-0.39, 0.29) is 23.2 Å². The van der Waals surface area contributed by atoms with Crippen molar-refractivity contribution in [3.63, 3.8) is 0 Å². The molecule has 2 heteroatoms. The predicted molar refractivity (Wildman–Crippen MR) is 77.0 cm³/mol. The quantitative estimate of drug-likeness (QED) is 0.749. The Labute approximate surface area is 116 Å². The molecule has 2 rings (SSSR count). The van der Waals surface area contributed by atoms with Crippen LogP contribution in [-0.2, 0) is 9.53 Å². The molecule has 0 heterocycles. The van der Waals surface area contributed by atoms with E-state index in [1.165, 1.54) is 11.1 Å². The molecule has 104 valence electrons. The number of ether oxygens (including phenoxy) is 1. The summed E-state index contributed by atoms with van der Waals surface area (Å²) in [4.78, 5) is 12.3. The summed E-state index contributed by atoms with van der Waals surface area (Å²) in [6, 6.07) is 8.48. The number of hydrogen-bond donors (Lipinski definition) is 0. The molecule has 1 aromatic rings. The molecule has 0 radical (unpaired) electrons. The van der Waals surface area contributed by atoms with E-state index in [1.54, 1.807) is 0 Å². The summed E-state index contributed by atoms with van der Waals surface area (Å²) in [6.45, 7) is 12.1. The van der Waals surface area contributed by atoms with Gasteiger partial charge in [0.25, 0.3) is 0 Å². The molecule has 1 aliphatic rings. The maximum Gasteiger partial charge on any atom is 0.310 e. The van der Waals surface area contributed by atoms with Gasteiger partial charge >= 0.3 is 5.97 Å². The van der Waals surface area contributed by atoms with E-state index in [2.05, 4.69) is 45.0 Å². The first-order valence-electron chi connectivity index (χ1n) is 6.92. The Balaban J connectivity index is 2.16. The summed E-state index contributed by atoms with van der Waals surface area (Å²) in [6.07, 6.45) is 0. The van der Waals surface area contributed by atoms with Gasteiger partial charge in [0.15, 0.2) is 0 Å². The fourth-order valence-electron chi connectivity index (χ4n) is 2.84. The molecule has 0 amide bonds. The van der Waals surface area contributed by atoms with Crippen molar-refractivity contribution in [1.82, 2.24) is 0 Å². The van der Waals surface area contributed by atoms with Crippen LogP contribution in [-0.4, -0.2) is 11.6 Å².